The Kier molecular flexibility index (Phi) is 10.6. The lowest BCUT2D eigenvalue weighted by Gasteiger charge is -2.19. The van der Waals surface area contributed by atoms with E-state index in [-0.39, 0.29) is 23.6 Å². The van der Waals surface area contributed by atoms with Gasteiger partial charge in [-0.25, -0.2) is 0 Å². The fourth-order valence-electron chi connectivity index (χ4n) is 3.99. The van der Waals surface area contributed by atoms with Crippen molar-refractivity contribution >= 4 is 17.6 Å². The number of carboxylic acids is 1. The number of allylic oxidation sites excluding steroid dienone is 2. The van der Waals surface area contributed by atoms with Crippen molar-refractivity contribution in [3.05, 3.63) is 59.7 Å². The van der Waals surface area contributed by atoms with Gasteiger partial charge in [-0.1, -0.05) is 48.6 Å². The molecule has 1 aliphatic carbocycles. The van der Waals surface area contributed by atoms with E-state index in [0.29, 0.717) is 38.5 Å². The van der Waals surface area contributed by atoms with Gasteiger partial charge >= 0.3 is 5.97 Å². The third-order valence-electron chi connectivity index (χ3n) is 5.58. The van der Waals surface area contributed by atoms with Crippen LogP contribution < -0.4 is 0 Å². The molecule has 1 aromatic rings. The van der Waals surface area contributed by atoms with Crippen LogP contribution in [0.2, 0.25) is 0 Å². The number of carbonyl (C=O) groups is 1. The van der Waals surface area contributed by atoms with E-state index in [1.54, 1.807) is 6.08 Å². The molecule has 3 N–H and O–H groups in total. The number of rotatable bonds is 12. The SMILES string of the molecule is O=C(O)CCC/C=C\C[C@@H]1[C@@H](/C=C/[C@H](O)Cc2cccc(CCF)c2)[C@H](O)C[C@H]1Cl. The van der Waals surface area contributed by atoms with Crippen molar-refractivity contribution in [1.29, 1.82) is 0 Å². The third-order valence-corrected chi connectivity index (χ3v) is 6.08. The van der Waals surface area contributed by atoms with Crippen molar-refractivity contribution in [3.8, 4) is 0 Å². The molecule has 1 aromatic carbocycles. The van der Waals surface area contributed by atoms with Gasteiger partial charge < -0.3 is 15.3 Å². The van der Waals surface area contributed by atoms with Crippen LogP contribution in [-0.2, 0) is 17.6 Å². The molecule has 0 aliphatic heterocycles. The number of halogens is 2. The van der Waals surface area contributed by atoms with E-state index in [1.807, 2.05) is 42.5 Å². The number of benzene rings is 1. The fraction of sp³-hybridized carbons (Fsp3) is 0.542. The predicted molar refractivity (Wildman–Crippen MR) is 117 cm³/mol. The minimum Gasteiger partial charge on any atom is -0.481 e. The summed E-state index contributed by atoms with van der Waals surface area (Å²) in [6.45, 7) is -0.402. The van der Waals surface area contributed by atoms with Crippen molar-refractivity contribution < 1.29 is 24.5 Å². The predicted octanol–water partition coefficient (Wildman–Crippen LogP) is 4.46. The highest BCUT2D eigenvalue weighted by Crippen LogP contribution is 2.39. The summed E-state index contributed by atoms with van der Waals surface area (Å²) in [6.07, 6.45) is 9.79. The Morgan fingerprint density at radius 1 is 1.30 bits per heavy atom. The molecule has 0 radical (unpaired) electrons. The quantitative estimate of drug-likeness (QED) is 0.256. The number of carboxylic acid groups (broad SMARTS) is 1. The Balaban J connectivity index is 1.89. The average molecular weight is 439 g/mol. The van der Waals surface area contributed by atoms with E-state index in [2.05, 4.69) is 0 Å². The molecule has 5 atom stereocenters. The van der Waals surface area contributed by atoms with Gasteiger partial charge in [0.15, 0.2) is 0 Å². The van der Waals surface area contributed by atoms with Crippen LogP contribution in [0.1, 0.15) is 43.2 Å². The molecule has 0 heterocycles. The molecule has 0 saturated heterocycles. The van der Waals surface area contributed by atoms with Crippen molar-refractivity contribution in [3.63, 3.8) is 0 Å². The lowest BCUT2D eigenvalue weighted by Crippen LogP contribution is -2.19. The van der Waals surface area contributed by atoms with Crippen LogP contribution in [0.5, 0.6) is 0 Å². The van der Waals surface area contributed by atoms with E-state index in [9.17, 15) is 19.4 Å². The normalized spacial score (nSPS) is 25.3. The Hall–Kier alpha value is -1.69. The summed E-state index contributed by atoms with van der Waals surface area (Å²) in [4.78, 5) is 10.5. The fourth-order valence-corrected chi connectivity index (χ4v) is 4.45. The summed E-state index contributed by atoms with van der Waals surface area (Å²) >= 11 is 6.44. The second kappa shape index (κ2) is 12.9. The molecule has 0 aromatic heterocycles. The monoisotopic (exact) mass is 438 g/mol. The Labute approximate surface area is 183 Å². The van der Waals surface area contributed by atoms with Gasteiger partial charge in [0.2, 0.25) is 0 Å². The summed E-state index contributed by atoms with van der Waals surface area (Å²) in [5.74, 6) is -0.863. The first-order valence-corrected chi connectivity index (χ1v) is 11.0. The molecule has 166 valence electrons. The van der Waals surface area contributed by atoms with Crippen LogP contribution in [0.25, 0.3) is 0 Å². The van der Waals surface area contributed by atoms with Crippen molar-refractivity contribution in [2.24, 2.45) is 11.8 Å². The zero-order valence-corrected chi connectivity index (χ0v) is 17.9. The summed E-state index contributed by atoms with van der Waals surface area (Å²) in [6, 6.07) is 7.57. The molecule has 2 rings (SSSR count). The average Bonchev–Trinajstić information content (AvgIpc) is 2.95. The first-order valence-electron chi connectivity index (χ1n) is 10.6. The largest absolute Gasteiger partial charge is 0.481 e. The van der Waals surface area contributed by atoms with E-state index in [4.69, 9.17) is 16.7 Å². The molecule has 0 spiro atoms. The molecule has 30 heavy (non-hydrogen) atoms. The van der Waals surface area contributed by atoms with Gasteiger partial charge in [-0.3, -0.25) is 9.18 Å². The molecule has 6 heteroatoms. The number of hydrogen-bond acceptors (Lipinski definition) is 3. The first-order chi connectivity index (χ1) is 14.4. The van der Waals surface area contributed by atoms with Crippen molar-refractivity contribution in [2.75, 3.05) is 6.67 Å². The summed E-state index contributed by atoms with van der Waals surface area (Å²) in [5.41, 5.74) is 1.86. The molecule has 1 fully saturated rings. The lowest BCUT2D eigenvalue weighted by molar-refractivity contribution is -0.137. The standard InChI is InChI=1S/C24H32ClFO4/c25-22-16-23(28)21(20(22)8-3-1-2-4-9-24(29)30)11-10-19(27)15-18-7-5-6-17(14-18)12-13-26/h1,3,5-7,10-11,14,19-23,27-28H,2,4,8-9,12-13,15-16H2,(H,29,30)/b3-1-,11-10+/t19-,20+,21+,22+,23+/m0/s1. The maximum absolute atomic E-state index is 12.5. The minimum atomic E-state index is -0.791. The van der Waals surface area contributed by atoms with Gasteiger partial charge in [-0.15, -0.1) is 11.6 Å². The van der Waals surface area contributed by atoms with Crippen LogP contribution in [0.15, 0.2) is 48.6 Å². The zero-order chi connectivity index (χ0) is 21.9. The Bertz CT molecular complexity index is 721. The molecule has 0 unspecified atom stereocenters. The number of aliphatic carboxylic acids is 1. The lowest BCUT2D eigenvalue weighted by atomic mass is 9.90. The number of hydrogen-bond donors (Lipinski definition) is 3. The number of alkyl halides is 2. The highest BCUT2D eigenvalue weighted by atomic mass is 35.5. The highest BCUT2D eigenvalue weighted by Gasteiger charge is 2.39. The number of aliphatic hydroxyl groups is 2. The van der Waals surface area contributed by atoms with Crippen LogP contribution in [0.3, 0.4) is 0 Å². The van der Waals surface area contributed by atoms with Crippen LogP contribution in [0.4, 0.5) is 4.39 Å². The summed E-state index contributed by atoms with van der Waals surface area (Å²) < 4.78 is 12.5. The van der Waals surface area contributed by atoms with Gasteiger partial charge in [-0.05, 0) is 42.7 Å². The van der Waals surface area contributed by atoms with Gasteiger partial charge in [0.25, 0.3) is 0 Å². The van der Waals surface area contributed by atoms with Crippen molar-refractivity contribution in [2.45, 2.75) is 62.5 Å². The topological polar surface area (TPSA) is 77.8 Å². The van der Waals surface area contributed by atoms with Crippen LogP contribution >= 0.6 is 11.6 Å². The number of aryl methyl sites for hydroxylation is 1. The molecule has 0 amide bonds. The van der Waals surface area contributed by atoms with E-state index in [0.717, 1.165) is 11.1 Å². The molecular formula is C24H32ClFO4. The number of unbranched alkanes of at least 4 members (excludes halogenated alkanes) is 1. The Morgan fingerprint density at radius 3 is 2.80 bits per heavy atom. The maximum atomic E-state index is 12.5. The van der Waals surface area contributed by atoms with E-state index in [1.165, 1.54) is 0 Å². The van der Waals surface area contributed by atoms with Crippen LogP contribution in [0, 0.1) is 11.8 Å². The van der Waals surface area contributed by atoms with Gasteiger partial charge in [0.05, 0.1) is 18.9 Å². The summed E-state index contributed by atoms with van der Waals surface area (Å²) in [5, 5.41) is 29.3. The van der Waals surface area contributed by atoms with Gasteiger partial charge in [-0.2, -0.15) is 0 Å². The summed E-state index contributed by atoms with van der Waals surface area (Å²) in [7, 11) is 0. The first kappa shape index (κ1) is 24.6. The van der Waals surface area contributed by atoms with Crippen molar-refractivity contribution in [1.82, 2.24) is 0 Å². The van der Waals surface area contributed by atoms with E-state index >= 15 is 0 Å². The molecule has 0 bridgehead atoms. The Morgan fingerprint density at radius 2 is 2.07 bits per heavy atom. The molecule has 1 saturated carbocycles. The molecule has 4 nitrogen and oxygen atoms in total. The second-order valence-electron chi connectivity index (χ2n) is 7.97. The number of aliphatic hydroxyl groups excluding tert-OH is 2. The molecule has 1 aliphatic rings. The third kappa shape index (κ3) is 8.21. The van der Waals surface area contributed by atoms with Gasteiger partial charge in [0, 0.05) is 30.6 Å². The minimum absolute atomic E-state index is 0.0636. The van der Waals surface area contributed by atoms with Gasteiger partial charge in [0.1, 0.15) is 0 Å². The maximum Gasteiger partial charge on any atom is 0.303 e. The second-order valence-corrected chi connectivity index (χ2v) is 8.53. The highest BCUT2D eigenvalue weighted by molar-refractivity contribution is 6.21. The van der Waals surface area contributed by atoms with Crippen LogP contribution in [-0.4, -0.2) is 45.5 Å². The zero-order valence-electron chi connectivity index (χ0n) is 17.2. The smallest absolute Gasteiger partial charge is 0.303 e. The van der Waals surface area contributed by atoms with E-state index < -0.39 is 24.9 Å². The molecular weight excluding hydrogens is 407 g/mol.